The first-order chi connectivity index (χ1) is 11.1. The molecule has 4 heterocycles. The summed E-state index contributed by atoms with van der Waals surface area (Å²) in [5.74, 6) is 0.663. The van der Waals surface area contributed by atoms with E-state index >= 15 is 0 Å². The largest absolute Gasteiger partial charge is 0.338 e. The van der Waals surface area contributed by atoms with Gasteiger partial charge in [0.05, 0.1) is 29.7 Å². The second kappa shape index (κ2) is 5.31. The average molecular weight is 313 g/mol. The van der Waals surface area contributed by atoms with Crippen LogP contribution in [0.15, 0.2) is 18.6 Å². The number of anilines is 2. The van der Waals surface area contributed by atoms with E-state index in [4.69, 9.17) is 0 Å². The molecule has 2 aromatic rings. The lowest BCUT2D eigenvalue weighted by Crippen LogP contribution is -2.45. The highest BCUT2D eigenvalue weighted by molar-refractivity contribution is 6.09. The van der Waals surface area contributed by atoms with Gasteiger partial charge in [-0.05, 0) is 7.05 Å². The highest BCUT2D eigenvalue weighted by Gasteiger charge is 2.32. The maximum absolute atomic E-state index is 12.5. The van der Waals surface area contributed by atoms with Gasteiger partial charge in [0.1, 0.15) is 0 Å². The molecule has 8 heteroatoms. The number of fused-ring (bicyclic) bond motifs is 1. The van der Waals surface area contributed by atoms with Crippen LogP contribution in [0.2, 0.25) is 0 Å². The number of piperazine rings is 1. The molecule has 1 amide bonds. The average Bonchev–Trinajstić information content (AvgIpc) is 3.11. The van der Waals surface area contributed by atoms with E-state index in [0.717, 1.165) is 43.5 Å². The minimum atomic E-state index is -0.0575. The van der Waals surface area contributed by atoms with Crippen LogP contribution in [-0.4, -0.2) is 63.8 Å². The Bertz CT molecular complexity index is 748. The second-order valence-corrected chi connectivity index (χ2v) is 6.08. The number of hydrogen-bond donors (Lipinski definition) is 0. The van der Waals surface area contributed by atoms with E-state index in [9.17, 15) is 4.79 Å². The Morgan fingerprint density at radius 2 is 1.87 bits per heavy atom. The van der Waals surface area contributed by atoms with E-state index in [2.05, 4.69) is 31.9 Å². The standard InChI is InChI=1S/C15H19N7O/c1-19-3-5-21(6-4-19)15-16-8-12-13(18-15)10-22(14(12)23)11-7-17-20(2)9-11/h7-9H,3-6,10H2,1-2H3. The van der Waals surface area contributed by atoms with Crippen LogP contribution < -0.4 is 9.80 Å². The van der Waals surface area contributed by atoms with Gasteiger partial charge in [-0.15, -0.1) is 0 Å². The lowest BCUT2D eigenvalue weighted by atomic mass is 10.2. The maximum atomic E-state index is 12.5. The van der Waals surface area contributed by atoms with Crippen LogP contribution in [0.25, 0.3) is 0 Å². The van der Waals surface area contributed by atoms with Crippen molar-refractivity contribution in [1.29, 1.82) is 0 Å². The van der Waals surface area contributed by atoms with Crippen molar-refractivity contribution in [3.63, 3.8) is 0 Å². The summed E-state index contributed by atoms with van der Waals surface area (Å²) in [4.78, 5) is 27.7. The molecule has 2 aliphatic heterocycles. The molecule has 4 rings (SSSR count). The molecule has 0 aliphatic carbocycles. The lowest BCUT2D eigenvalue weighted by Gasteiger charge is -2.32. The zero-order chi connectivity index (χ0) is 16.0. The number of carbonyl (C=O) groups excluding carboxylic acids is 1. The topological polar surface area (TPSA) is 70.4 Å². The molecule has 0 N–H and O–H groups in total. The van der Waals surface area contributed by atoms with E-state index in [1.54, 1.807) is 22.0 Å². The van der Waals surface area contributed by atoms with E-state index in [1.807, 2.05) is 13.2 Å². The minimum absolute atomic E-state index is 0.0575. The van der Waals surface area contributed by atoms with Gasteiger partial charge in [-0.1, -0.05) is 0 Å². The summed E-state index contributed by atoms with van der Waals surface area (Å²) in [6.07, 6.45) is 5.19. The van der Waals surface area contributed by atoms with Crippen LogP contribution in [0.5, 0.6) is 0 Å². The summed E-state index contributed by atoms with van der Waals surface area (Å²) in [5.41, 5.74) is 2.17. The number of rotatable bonds is 2. The zero-order valence-electron chi connectivity index (χ0n) is 13.3. The van der Waals surface area contributed by atoms with Crippen LogP contribution in [0, 0.1) is 0 Å². The summed E-state index contributed by atoms with van der Waals surface area (Å²) >= 11 is 0. The van der Waals surface area contributed by atoms with Crippen molar-refractivity contribution in [2.75, 3.05) is 43.0 Å². The van der Waals surface area contributed by atoms with Crippen molar-refractivity contribution in [2.24, 2.45) is 7.05 Å². The van der Waals surface area contributed by atoms with Crippen molar-refractivity contribution in [3.05, 3.63) is 29.8 Å². The summed E-state index contributed by atoms with van der Waals surface area (Å²) in [5, 5.41) is 4.13. The molecule has 8 nitrogen and oxygen atoms in total. The van der Waals surface area contributed by atoms with E-state index in [1.165, 1.54) is 0 Å². The predicted molar refractivity (Wildman–Crippen MR) is 85.5 cm³/mol. The lowest BCUT2D eigenvalue weighted by molar-refractivity contribution is 0.0996. The smallest absolute Gasteiger partial charge is 0.262 e. The molecule has 0 atom stereocenters. The van der Waals surface area contributed by atoms with Crippen LogP contribution in [0.3, 0.4) is 0 Å². The number of aromatic nitrogens is 4. The molecule has 23 heavy (non-hydrogen) atoms. The van der Waals surface area contributed by atoms with Crippen LogP contribution >= 0.6 is 0 Å². The van der Waals surface area contributed by atoms with Gasteiger partial charge in [-0.2, -0.15) is 5.10 Å². The SMILES string of the molecule is CN1CCN(c2ncc3c(n2)CN(c2cnn(C)c2)C3=O)CC1. The summed E-state index contributed by atoms with van der Waals surface area (Å²) in [6, 6.07) is 0. The van der Waals surface area contributed by atoms with Crippen molar-refractivity contribution >= 4 is 17.5 Å². The number of nitrogens with zero attached hydrogens (tertiary/aromatic N) is 7. The van der Waals surface area contributed by atoms with E-state index in [-0.39, 0.29) is 5.91 Å². The Kier molecular flexibility index (Phi) is 3.26. The van der Waals surface area contributed by atoms with Gasteiger partial charge in [0.15, 0.2) is 0 Å². The monoisotopic (exact) mass is 313 g/mol. The third kappa shape index (κ3) is 2.44. The molecule has 0 bridgehead atoms. The fourth-order valence-corrected chi connectivity index (χ4v) is 2.99. The van der Waals surface area contributed by atoms with E-state index < -0.39 is 0 Å². The van der Waals surface area contributed by atoms with Gasteiger partial charge in [-0.3, -0.25) is 14.4 Å². The number of hydrogen-bond acceptors (Lipinski definition) is 6. The highest BCUT2D eigenvalue weighted by Crippen LogP contribution is 2.27. The van der Waals surface area contributed by atoms with E-state index in [0.29, 0.717) is 12.1 Å². The molecule has 2 aromatic heterocycles. The first-order valence-electron chi connectivity index (χ1n) is 7.72. The molecule has 0 saturated carbocycles. The van der Waals surface area contributed by atoms with Crippen molar-refractivity contribution in [1.82, 2.24) is 24.6 Å². The summed E-state index contributed by atoms with van der Waals surface area (Å²) in [7, 11) is 3.95. The third-order valence-corrected chi connectivity index (χ3v) is 4.43. The van der Waals surface area contributed by atoms with Crippen LogP contribution in [-0.2, 0) is 13.6 Å². The Labute approximate surface area is 134 Å². The Hall–Kier alpha value is -2.48. The van der Waals surface area contributed by atoms with Gasteiger partial charge >= 0.3 is 0 Å². The fourth-order valence-electron chi connectivity index (χ4n) is 2.99. The molecular formula is C15H19N7O. The Morgan fingerprint density at radius 1 is 1.09 bits per heavy atom. The molecule has 0 unspecified atom stereocenters. The fraction of sp³-hybridized carbons (Fsp3) is 0.467. The zero-order valence-corrected chi connectivity index (χ0v) is 13.3. The predicted octanol–water partition coefficient (Wildman–Crippen LogP) is 0.122. The normalized spacial score (nSPS) is 18.6. The molecule has 2 aliphatic rings. The summed E-state index contributed by atoms with van der Waals surface area (Å²) in [6.45, 7) is 4.30. The Morgan fingerprint density at radius 3 is 2.57 bits per heavy atom. The number of carbonyl (C=O) groups is 1. The van der Waals surface area contributed by atoms with Gasteiger partial charge in [-0.25, -0.2) is 9.97 Å². The van der Waals surface area contributed by atoms with Crippen molar-refractivity contribution < 1.29 is 4.79 Å². The quantitative estimate of drug-likeness (QED) is 0.784. The highest BCUT2D eigenvalue weighted by atomic mass is 16.2. The number of aryl methyl sites for hydroxylation is 1. The molecule has 1 fully saturated rings. The van der Waals surface area contributed by atoms with Gasteiger partial charge in [0.25, 0.3) is 5.91 Å². The summed E-state index contributed by atoms with van der Waals surface area (Å²) < 4.78 is 1.69. The van der Waals surface area contributed by atoms with Gasteiger partial charge in [0.2, 0.25) is 5.95 Å². The first kappa shape index (κ1) is 14.1. The number of likely N-dealkylation sites (N-methyl/N-ethyl adjacent to an activating group) is 1. The minimum Gasteiger partial charge on any atom is -0.338 e. The van der Waals surface area contributed by atoms with Crippen LogP contribution in [0.1, 0.15) is 16.1 Å². The molecule has 0 spiro atoms. The van der Waals surface area contributed by atoms with Gasteiger partial charge < -0.3 is 9.80 Å². The molecule has 0 aromatic carbocycles. The van der Waals surface area contributed by atoms with Crippen molar-refractivity contribution in [3.8, 4) is 0 Å². The first-order valence-corrected chi connectivity index (χ1v) is 7.72. The Balaban J connectivity index is 1.59. The molecule has 1 saturated heterocycles. The maximum Gasteiger partial charge on any atom is 0.262 e. The molecular weight excluding hydrogens is 294 g/mol. The third-order valence-electron chi connectivity index (χ3n) is 4.43. The molecule has 0 radical (unpaired) electrons. The molecule has 120 valence electrons. The van der Waals surface area contributed by atoms with Crippen molar-refractivity contribution in [2.45, 2.75) is 6.54 Å². The number of amides is 1. The second-order valence-electron chi connectivity index (χ2n) is 6.08. The van der Waals surface area contributed by atoms with Gasteiger partial charge in [0, 0.05) is 45.6 Å². The van der Waals surface area contributed by atoms with Crippen LogP contribution in [0.4, 0.5) is 11.6 Å².